The van der Waals surface area contributed by atoms with Gasteiger partial charge in [0.15, 0.2) is 11.5 Å². The molecule has 0 saturated carbocycles. The molecule has 1 aromatic carbocycles. The first-order valence-corrected chi connectivity index (χ1v) is 7.34. The maximum Gasteiger partial charge on any atom is 0.231 e. The van der Waals surface area contributed by atoms with Gasteiger partial charge in [0.1, 0.15) is 6.23 Å². The molecule has 0 bridgehead atoms. The van der Waals surface area contributed by atoms with Crippen LogP contribution in [-0.2, 0) is 0 Å². The van der Waals surface area contributed by atoms with Gasteiger partial charge in [-0.1, -0.05) is 32.1 Å². The van der Waals surface area contributed by atoms with Crippen molar-refractivity contribution in [3.05, 3.63) is 35.9 Å². The van der Waals surface area contributed by atoms with Gasteiger partial charge in [0.2, 0.25) is 12.5 Å². The largest absolute Gasteiger partial charge is 0.493 e. The zero-order valence-electron chi connectivity index (χ0n) is 13.2. The Kier molecular flexibility index (Phi) is 5.86. The molecule has 0 amide bonds. The van der Waals surface area contributed by atoms with Crippen molar-refractivity contribution >= 4 is 6.08 Å². The van der Waals surface area contributed by atoms with E-state index in [2.05, 4.69) is 19.2 Å². The summed E-state index contributed by atoms with van der Waals surface area (Å²) in [7, 11) is 1.60. The van der Waals surface area contributed by atoms with Crippen LogP contribution < -0.4 is 19.5 Å². The molecule has 0 radical (unpaired) electrons. The second kappa shape index (κ2) is 7.87. The number of allylic oxidation sites excluding steroid dienone is 2. The molecule has 1 aromatic rings. The zero-order valence-corrected chi connectivity index (χ0v) is 13.2. The van der Waals surface area contributed by atoms with Gasteiger partial charge in [0, 0.05) is 6.54 Å². The Labute approximate surface area is 131 Å². The summed E-state index contributed by atoms with van der Waals surface area (Å²) in [6.07, 6.45) is 6.63. The molecule has 5 nitrogen and oxygen atoms in total. The van der Waals surface area contributed by atoms with Crippen LogP contribution in [0.1, 0.15) is 19.4 Å². The summed E-state index contributed by atoms with van der Waals surface area (Å²) in [6.45, 7) is 5.17. The maximum absolute atomic E-state index is 9.72. The van der Waals surface area contributed by atoms with Crippen LogP contribution in [0.25, 0.3) is 6.08 Å². The number of hydrogen-bond donors (Lipinski definition) is 2. The van der Waals surface area contributed by atoms with Crippen LogP contribution in [0, 0.1) is 5.92 Å². The molecule has 0 spiro atoms. The number of hydrogen-bond acceptors (Lipinski definition) is 5. The smallest absolute Gasteiger partial charge is 0.231 e. The summed E-state index contributed by atoms with van der Waals surface area (Å²) in [5.41, 5.74) is 0.940. The van der Waals surface area contributed by atoms with Gasteiger partial charge < -0.3 is 19.3 Å². The highest BCUT2D eigenvalue weighted by molar-refractivity contribution is 5.63. The van der Waals surface area contributed by atoms with E-state index in [9.17, 15) is 5.11 Å². The monoisotopic (exact) mass is 305 g/mol. The number of aliphatic hydroxyl groups excluding tert-OH is 1. The normalized spacial score (nSPS) is 15.1. The standard InChI is InChI=1S/C17H23NO4/c1-12(2)10-18-16(19)7-5-4-6-13-8-14(20-3)17-15(9-13)21-11-22-17/h4-9,12,16,18-19H,10-11H2,1-3H3. The number of rotatable bonds is 7. The third-order valence-electron chi connectivity index (χ3n) is 3.11. The molecule has 0 aliphatic carbocycles. The molecule has 1 atom stereocenters. The molecule has 0 aromatic heterocycles. The van der Waals surface area contributed by atoms with Crippen LogP contribution in [0.5, 0.6) is 17.2 Å². The van der Waals surface area contributed by atoms with Crippen LogP contribution in [0.2, 0.25) is 0 Å². The third kappa shape index (κ3) is 4.51. The van der Waals surface area contributed by atoms with Crippen LogP contribution in [0.3, 0.4) is 0 Å². The van der Waals surface area contributed by atoms with E-state index in [0.717, 1.165) is 12.1 Å². The Balaban J connectivity index is 1.96. The fraction of sp³-hybridized carbons (Fsp3) is 0.412. The van der Waals surface area contributed by atoms with Gasteiger partial charge in [-0.05, 0) is 29.7 Å². The Morgan fingerprint density at radius 3 is 2.86 bits per heavy atom. The van der Waals surface area contributed by atoms with Gasteiger partial charge >= 0.3 is 0 Å². The Morgan fingerprint density at radius 1 is 1.32 bits per heavy atom. The van der Waals surface area contributed by atoms with Crippen molar-refractivity contribution < 1.29 is 19.3 Å². The molecule has 1 aliphatic rings. The Morgan fingerprint density at radius 2 is 2.14 bits per heavy atom. The van der Waals surface area contributed by atoms with Gasteiger partial charge in [-0.3, -0.25) is 5.32 Å². The van der Waals surface area contributed by atoms with Crippen molar-refractivity contribution in [2.24, 2.45) is 5.92 Å². The minimum Gasteiger partial charge on any atom is -0.493 e. The van der Waals surface area contributed by atoms with Crippen molar-refractivity contribution in [3.8, 4) is 17.2 Å². The summed E-state index contributed by atoms with van der Waals surface area (Å²) in [6, 6.07) is 3.77. The number of fused-ring (bicyclic) bond motifs is 1. The van der Waals surface area contributed by atoms with Crippen LogP contribution >= 0.6 is 0 Å². The third-order valence-corrected chi connectivity index (χ3v) is 3.11. The highest BCUT2D eigenvalue weighted by atomic mass is 16.7. The highest BCUT2D eigenvalue weighted by Crippen LogP contribution is 2.42. The number of methoxy groups -OCH3 is 1. The van der Waals surface area contributed by atoms with Crippen molar-refractivity contribution in [2.45, 2.75) is 20.1 Å². The molecule has 1 unspecified atom stereocenters. The van der Waals surface area contributed by atoms with Crippen molar-refractivity contribution in [2.75, 3.05) is 20.4 Å². The van der Waals surface area contributed by atoms with E-state index >= 15 is 0 Å². The van der Waals surface area contributed by atoms with Gasteiger partial charge in [0.05, 0.1) is 7.11 Å². The Hall–Kier alpha value is -1.98. The SMILES string of the molecule is COc1cc(C=CC=CC(O)NCC(C)C)cc2c1OCO2. The number of nitrogens with one attached hydrogen (secondary N) is 1. The molecule has 22 heavy (non-hydrogen) atoms. The highest BCUT2D eigenvalue weighted by Gasteiger charge is 2.19. The van der Waals surface area contributed by atoms with Gasteiger partial charge in [-0.15, -0.1) is 0 Å². The molecular weight excluding hydrogens is 282 g/mol. The van der Waals surface area contributed by atoms with Crippen LogP contribution in [-0.4, -0.2) is 31.8 Å². The predicted molar refractivity (Wildman–Crippen MR) is 86.1 cm³/mol. The van der Waals surface area contributed by atoms with E-state index in [4.69, 9.17) is 14.2 Å². The summed E-state index contributed by atoms with van der Waals surface area (Å²) < 4.78 is 16.0. The number of benzene rings is 1. The second-order valence-electron chi connectivity index (χ2n) is 5.45. The molecular formula is C17H23NO4. The molecule has 5 heteroatoms. The number of aliphatic hydroxyl groups is 1. The molecule has 2 rings (SSSR count). The van der Waals surface area contributed by atoms with Crippen LogP contribution in [0.15, 0.2) is 30.4 Å². The molecule has 0 saturated heterocycles. The fourth-order valence-corrected chi connectivity index (χ4v) is 2.01. The Bertz CT molecular complexity index is 552. The van der Waals surface area contributed by atoms with E-state index in [0.29, 0.717) is 23.2 Å². The summed E-state index contributed by atoms with van der Waals surface area (Å²) in [5.74, 6) is 2.47. The van der Waals surface area contributed by atoms with Crippen LogP contribution in [0.4, 0.5) is 0 Å². The van der Waals surface area contributed by atoms with E-state index < -0.39 is 6.23 Å². The van der Waals surface area contributed by atoms with E-state index in [-0.39, 0.29) is 6.79 Å². The first-order valence-electron chi connectivity index (χ1n) is 7.34. The lowest BCUT2D eigenvalue weighted by Crippen LogP contribution is -2.29. The summed E-state index contributed by atoms with van der Waals surface area (Å²) in [4.78, 5) is 0. The van der Waals surface area contributed by atoms with Gasteiger partial charge in [0.25, 0.3) is 0 Å². The first kappa shape index (κ1) is 16.4. The zero-order chi connectivity index (χ0) is 15.9. The lowest BCUT2D eigenvalue weighted by molar-refractivity contribution is 0.171. The lowest BCUT2D eigenvalue weighted by Gasteiger charge is -2.10. The van der Waals surface area contributed by atoms with Crippen molar-refractivity contribution in [1.29, 1.82) is 0 Å². The minimum atomic E-state index is -0.640. The number of ether oxygens (including phenoxy) is 3. The molecule has 1 aliphatic heterocycles. The lowest BCUT2D eigenvalue weighted by atomic mass is 10.1. The van der Waals surface area contributed by atoms with E-state index in [1.165, 1.54) is 0 Å². The topological polar surface area (TPSA) is 60.0 Å². The average Bonchev–Trinajstić information content (AvgIpc) is 2.97. The van der Waals surface area contributed by atoms with E-state index in [1.54, 1.807) is 19.3 Å². The molecule has 2 N–H and O–H groups in total. The summed E-state index contributed by atoms with van der Waals surface area (Å²) >= 11 is 0. The second-order valence-corrected chi connectivity index (χ2v) is 5.45. The molecule has 120 valence electrons. The van der Waals surface area contributed by atoms with Gasteiger partial charge in [-0.25, -0.2) is 0 Å². The van der Waals surface area contributed by atoms with Crippen molar-refractivity contribution in [3.63, 3.8) is 0 Å². The quantitative estimate of drug-likeness (QED) is 0.599. The molecule has 0 fully saturated rings. The minimum absolute atomic E-state index is 0.215. The fourth-order valence-electron chi connectivity index (χ4n) is 2.01. The van der Waals surface area contributed by atoms with Gasteiger partial charge in [-0.2, -0.15) is 0 Å². The summed E-state index contributed by atoms with van der Waals surface area (Å²) in [5, 5.41) is 12.7. The average molecular weight is 305 g/mol. The van der Waals surface area contributed by atoms with E-state index in [1.807, 2.05) is 24.3 Å². The predicted octanol–water partition coefficient (Wildman–Crippen LogP) is 2.56. The van der Waals surface area contributed by atoms with Crippen molar-refractivity contribution in [1.82, 2.24) is 5.32 Å². The maximum atomic E-state index is 9.72. The first-order chi connectivity index (χ1) is 10.6. The molecule has 1 heterocycles.